The third-order valence-corrected chi connectivity index (χ3v) is 4.42. The monoisotopic (exact) mass is 142 g/mol. The summed E-state index contributed by atoms with van der Waals surface area (Å²) in [5.74, 6) is 0. The van der Waals surface area contributed by atoms with Crippen molar-refractivity contribution >= 4 is 7.92 Å². The Morgan fingerprint density at radius 1 is 1.33 bits per heavy atom. The van der Waals surface area contributed by atoms with Gasteiger partial charge in [-0.15, -0.1) is 7.92 Å². The molecule has 0 N–H and O–H groups in total. The van der Waals surface area contributed by atoms with Crippen LogP contribution in [0.4, 0.5) is 0 Å². The third kappa shape index (κ3) is 2.49. The zero-order valence-electron chi connectivity index (χ0n) is 6.14. The molecule has 1 aliphatic rings. The van der Waals surface area contributed by atoms with Gasteiger partial charge in [-0.3, -0.25) is 0 Å². The van der Waals surface area contributed by atoms with Crippen molar-refractivity contribution in [2.45, 2.75) is 19.8 Å². The van der Waals surface area contributed by atoms with Crippen LogP contribution >= 0.6 is 7.92 Å². The molecule has 9 heavy (non-hydrogen) atoms. The lowest BCUT2D eigenvalue weighted by molar-refractivity contribution is 0.949. The van der Waals surface area contributed by atoms with E-state index in [0.29, 0.717) is 7.92 Å². The van der Waals surface area contributed by atoms with Crippen molar-refractivity contribution in [3.8, 4) is 0 Å². The molecule has 52 valence electrons. The van der Waals surface area contributed by atoms with E-state index in [1.165, 1.54) is 19.0 Å². The second-order valence-electron chi connectivity index (χ2n) is 2.58. The minimum absolute atomic E-state index is 0.462. The van der Waals surface area contributed by atoms with Crippen LogP contribution in [0.25, 0.3) is 0 Å². The summed E-state index contributed by atoms with van der Waals surface area (Å²) in [5, 5.41) is 0. The highest BCUT2D eigenvalue weighted by Gasteiger charge is 2.11. The van der Waals surface area contributed by atoms with Gasteiger partial charge in [0.1, 0.15) is 0 Å². The van der Waals surface area contributed by atoms with Gasteiger partial charge in [0, 0.05) is 0 Å². The molecule has 1 rings (SSSR count). The van der Waals surface area contributed by atoms with Gasteiger partial charge >= 0.3 is 0 Å². The predicted molar refractivity (Wildman–Crippen MR) is 45.6 cm³/mol. The van der Waals surface area contributed by atoms with Gasteiger partial charge in [-0.25, -0.2) is 0 Å². The van der Waals surface area contributed by atoms with Crippen molar-refractivity contribution in [3.05, 3.63) is 12.2 Å². The lowest BCUT2D eigenvalue weighted by Crippen LogP contribution is -1.79. The molecule has 1 saturated heterocycles. The summed E-state index contributed by atoms with van der Waals surface area (Å²) in [6, 6.07) is 0. The van der Waals surface area contributed by atoms with Crippen LogP contribution in [0.15, 0.2) is 12.2 Å². The van der Waals surface area contributed by atoms with Crippen molar-refractivity contribution in [1.29, 1.82) is 0 Å². The van der Waals surface area contributed by atoms with Crippen LogP contribution < -0.4 is 0 Å². The van der Waals surface area contributed by atoms with Gasteiger partial charge < -0.3 is 0 Å². The van der Waals surface area contributed by atoms with Gasteiger partial charge in [0.15, 0.2) is 0 Å². The number of hydrogen-bond acceptors (Lipinski definition) is 0. The Morgan fingerprint density at radius 3 is 2.56 bits per heavy atom. The van der Waals surface area contributed by atoms with Gasteiger partial charge in [-0.05, 0) is 38.3 Å². The second-order valence-corrected chi connectivity index (χ2v) is 5.18. The van der Waals surface area contributed by atoms with Crippen molar-refractivity contribution in [2.24, 2.45) is 0 Å². The maximum Gasteiger partial charge on any atom is -0.0145 e. The van der Waals surface area contributed by atoms with Crippen LogP contribution in [0.2, 0.25) is 0 Å². The summed E-state index contributed by atoms with van der Waals surface area (Å²) in [5.41, 5.74) is 0. The summed E-state index contributed by atoms with van der Waals surface area (Å²) in [7, 11) is 0.462. The van der Waals surface area contributed by atoms with Crippen LogP contribution in [0.1, 0.15) is 19.8 Å². The standard InChI is InChI=1S/C8H15P/c1-2-3-6-9-7-4-5-8-9/h2-3H,4-8H2,1H3/b3-2-. The maximum absolute atomic E-state index is 2.33. The molecule has 0 spiro atoms. The Balaban J connectivity index is 2.11. The normalized spacial score (nSPS) is 21.9. The largest absolute Gasteiger partial charge is 0.103 e. The fourth-order valence-electron chi connectivity index (χ4n) is 1.22. The summed E-state index contributed by atoms with van der Waals surface area (Å²) in [4.78, 5) is 0. The van der Waals surface area contributed by atoms with Crippen LogP contribution in [0, 0.1) is 0 Å². The molecular formula is C8H15P. The van der Waals surface area contributed by atoms with Crippen LogP contribution in [0.3, 0.4) is 0 Å². The smallest absolute Gasteiger partial charge is 0.0145 e. The van der Waals surface area contributed by atoms with E-state index >= 15 is 0 Å². The quantitative estimate of drug-likeness (QED) is 0.411. The zero-order chi connectivity index (χ0) is 6.53. The molecule has 0 bridgehead atoms. The van der Waals surface area contributed by atoms with Crippen molar-refractivity contribution < 1.29 is 0 Å². The highest BCUT2D eigenvalue weighted by molar-refractivity contribution is 7.58. The predicted octanol–water partition coefficient (Wildman–Crippen LogP) is 2.84. The molecule has 1 fully saturated rings. The van der Waals surface area contributed by atoms with Gasteiger partial charge in [0.25, 0.3) is 0 Å². The fourth-order valence-corrected chi connectivity index (χ4v) is 3.66. The van der Waals surface area contributed by atoms with E-state index in [9.17, 15) is 0 Å². The summed E-state index contributed by atoms with van der Waals surface area (Å²) in [6.45, 7) is 2.12. The van der Waals surface area contributed by atoms with E-state index < -0.39 is 0 Å². The van der Waals surface area contributed by atoms with E-state index in [2.05, 4.69) is 19.1 Å². The number of hydrogen-bond donors (Lipinski definition) is 0. The highest BCUT2D eigenvalue weighted by atomic mass is 31.1. The molecule has 0 aromatic carbocycles. The van der Waals surface area contributed by atoms with E-state index in [-0.39, 0.29) is 0 Å². The first-order chi connectivity index (χ1) is 4.43. The van der Waals surface area contributed by atoms with Gasteiger partial charge in [0.2, 0.25) is 0 Å². The third-order valence-electron chi connectivity index (χ3n) is 1.80. The minimum Gasteiger partial charge on any atom is -0.103 e. The molecule has 1 heteroatoms. The maximum atomic E-state index is 2.33. The first-order valence-electron chi connectivity index (χ1n) is 3.77. The molecular weight excluding hydrogens is 127 g/mol. The topological polar surface area (TPSA) is 0 Å². The Hall–Kier alpha value is 0.170. The average molecular weight is 142 g/mol. The van der Waals surface area contributed by atoms with Crippen LogP contribution in [-0.2, 0) is 0 Å². The molecule has 0 aromatic heterocycles. The molecule has 0 radical (unpaired) electrons. The van der Waals surface area contributed by atoms with Crippen molar-refractivity contribution in [1.82, 2.24) is 0 Å². The molecule has 1 heterocycles. The van der Waals surface area contributed by atoms with Gasteiger partial charge in [0.05, 0.1) is 0 Å². The van der Waals surface area contributed by atoms with E-state index in [1.54, 1.807) is 12.3 Å². The Bertz CT molecular complexity index is 90.7. The van der Waals surface area contributed by atoms with Crippen molar-refractivity contribution in [3.63, 3.8) is 0 Å². The molecule has 0 aromatic rings. The van der Waals surface area contributed by atoms with Crippen LogP contribution in [-0.4, -0.2) is 18.5 Å². The molecule has 0 amide bonds. The van der Waals surface area contributed by atoms with Crippen molar-refractivity contribution in [2.75, 3.05) is 18.5 Å². The molecule has 0 unspecified atom stereocenters. The molecule has 1 aliphatic heterocycles. The first kappa shape index (κ1) is 7.28. The Labute approximate surface area is 59.1 Å². The lowest BCUT2D eigenvalue weighted by atomic mass is 10.4. The number of rotatable bonds is 2. The van der Waals surface area contributed by atoms with E-state index in [4.69, 9.17) is 0 Å². The Morgan fingerprint density at radius 2 is 2.00 bits per heavy atom. The minimum atomic E-state index is 0.462. The zero-order valence-corrected chi connectivity index (χ0v) is 7.03. The SMILES string of the molecule is C/C=C\CP1CCCC1. The molecule has 0 aliphatic carbocycles. The summed E-state index contributed by atoms with van der Waals surface area (Å²) in [6.07, 6.45) is 12.0. The first-order valence-corrected chi connectivity index (χ1v) is 5.66. The second kappa shape index (κ2) is 4.06. The van der Waals surface area contributed by atoms with Gasteiger partial charge in [-0.2, -0.15) is 0 Å². The van der Waals surface area contributed by atoms with E-state index in [1.807, 2.05) is 0 Å². The van der Waals surface area contributed by atoms with Gasteiger partial charge in [-0.1, -0.05) is 12.2 Å². The van der Waals surface area contributed by atoms with E-state index in [0.717, 1.165) is 0 Å². The summed E-state index contributed by atoms with van der Waals surface area (Å²) >= 11 is 0. The fraction of sp³-hybridized carbons (Fsp3) is 0.750. The number of allylic oxidation sites excluding steroid dienone is 2. The van der Waals surface area contributed by atoms with Crippen LogP contribution in [0.5, 0.6) is 0 Å². The molecule has 0 saturated carbocycles. The molecule has 0 nitrogen and oxygen atoms in total. The molecule has 0 atom stereocenters. The lowest BCUT2D eigenvalue weighted by Gasteiger charge is -2.03. The Kier molecular flexibility index (Phi) is 3.28. The highest BCUT2D eigenvalue weighted by Crippen LogP contribution is 2.42. The average Bonchev–Trinajstić information content (AvgIpc) is 2.34. The summed E-state index contributed by atoms with van der Waals surface area (Å²) < 4.78 is 0.